The molecule has 0 aliphatic heterocycles. The van der Waals surface area contributed by atoms with Gasteiger partial charge in [-0.2, -0.15) is 5.10 Å². The van der Waals surface area contributed by atoms with Gasteiger partial charge in [0.25, 0.3) is 0 Å². The predicted octanol–water partition coefficient (Wildman–Crippen LogP) is 4.12. The van der Waals surface area contributed by atoms with E-state index in [1.165, 1.54) is 23.1 Å². The number of ketones is 1. The van der Waals surface area contributed by atoms with E-state index >= 15 is 0 Å². The minimum Gasteiger partial charge on any atom is -0.378 e. The Morgan fingerprint density at radius 1 is 1.26 bits per heavy atom. The second-order valence-electron chi connectivity index (χ2n) is 7.36. The number of carbonyl (C=O) groups excluding carboxylic acids is 1. The first-order valence-electron chi connectivity index (χ1n) is 8.71. The second kappa shape index (κ2) is 8.48. The molecular formula is C20H23N3O2S2. The van der Waals surface area contributed by atoms with Crippen molar-refractivity contribution in [2.24, 2.45) is 5.41 Å². The van der Waals surface area contributed by atoms with Crippen LogP contribution < -0.4 is 5.32 Å². The molecule has 27 heavy (non-hydrogen) atoms. The molecule has 5 nitrogen and oxygen atoms in total. The monoisotopic (exact) mass is 401 g/mol. The second-order valence-corrected chi connectivity index (χ2v) is 9.50. The lowest BCUT2D eigenvalue weighted by atomic mass is 9.94. The summed E-state index contributed by atoms with van der Waals surface area (Å²) in [6, 6.07) is 11.7. The number of thiophene rings is 1. The van der Waals surface area contributed by atoms with E-state index in [1.54, 1.807) is 6.20 Å². The van der Waals surface area contributed by atoms with Gasteiger partial charge >= 0.3 is 0 Å². The fourth-order valence-corrected chi connectivity index (χ4v) is 4.30. The van der Waals surface area contributed by atoms with Gasteiger partial charge in [0.05, 0.1) is 16.8 Å². The van der Waals surface area contributed by atoms with Crippen molar-refractivity contribution in [3.8, 4) is 0 Å². The van der Waals surface area contributed by atoms with E-state index in [-0.39, 0.29) is 11.2 Å². The Kier molecular flexibility index (Phi) is 6.26. The topological polar surface area (TPSA) is 75.1 Å². The molecule has 0 saturated carbocycles. The average Bonchev–Trinajstić information content (AvgIpc) is 3.12. The van der Waals surface area contributed by atoms with Crippen LogP contribution in [0.25, 0.3) is 10.8 Å². The number of Topliss-reactive ketones (excluding diaryl/α,β-unsaturated/α-hetero) is 1. The van der Waals surface area contributed by atoms with E-state index < -0.39 is 6.23 Å². The van der Waals surface area contributed by atoms with Crippen LogP contribution in [0.15, 0.2) is 47.6 Å². The molecule has 3 rings (SSSR count). The van der Waals surface area contributed by atoms with Gasteiger partial charge in [-0.05, 0) is 12.1 Å². The number of hydrogen-bond donors (Lipinski definition) is 2. The lowest BCUT2D eigenvalue weighted by molar-refractivity contribution is 0.0319. The molecule has 1 atom stereocenters. The van der Waals surface area contributed by atoms with Gasteiger partial charge in [0, 0.05) is 27.6 Å². The number of nitrogens with zero attached hydrogens (tertiary/aromatic N) is 2. The van der Waals surface area contributed by atoms with E-state index in [0.29, 0.717) is 12.3 Å². The third kappa shape index (κ3) is 5.13. The summed E-state index contributed by atoms with van der Waals surface area (Å²) in [5.74, 6) is 0.392. The quantitative estimate of drug-likeness (QED) is 0.352. The van der Waals surface area contributed by atoms with Gasteiger partial charge in [0.2, 0.25) is 0 Å². The Morgan fingerprint density at radius 3 is 2.81 bits per heavy atom. The number of hydrogen-bond acceptors (Lipinski definition) is 7. The number of aliphatic hydroxyl groups excluding tert-OH is 1. The summed E-state index contributed by atoms with van der Waals surface area (Å²) in [6.07, 6.45) is 1.13. The molecule has 2 N–H and O–H groups in total. The summed E-state index contributed by atoms with van der Waals surface area (Å²) < 4.78 is 0. The van der Waals surface area contributed by atoms with Crippen LogP contribution in [-0.4, -0.2) is 33.1 Å². The summed E-state index contributed by atoms with van der Waals surface area (Å²) in [5.41, 5.74) is -0.230. The molecule has 1 unspecified atom stereocenters. The Bertz CT molecular complexity index is 929. The first-order chi connectivity index (χ1) is 12.8. The molecule has 1 aromatic carbocycles. The maximum atomic E-state index is 12.5. The molecule has 142 valence electrons. The van der Waals surface area contributed by atoms with Crippen molar-refractivity contribution in [2.75, 3.05) is 5.75 Å². The molecule has 0 spiro atoms. The SMILES string of the molecule is CC(C)(C)C(O)NCc1ccc(C(=O)CSc2nncc3ccccc23)s1. The third-order valence-electron chi connectivity index (χ3n) is 4.10. The van der Waals surface area contributed by atoms with Gasteiger partial charge in [-0.3, -0.25) is 10.1 Å². The van der Waals surface area contributed by atoms with Crippen LogP contribution in [0.4, 0.5) is 0 Å². The highest BCUT2D eigenvalue weighted by Crippen LogP contribution is 2.27. The highest BCUT2D eigenvalue weighted by molar-refractivity contribution is 8.00. The Balaban J connectivity index is 1.59. The summed E-state index contributed by atoms with van der Waals surface area (Å²) in [6.45, 7) is 6.46. The molecule has 2 aromatic heterocycles. The molecule has 2 heterocycles. The molecule has 0 amide bonds. The zero-order valence-electron chi connectivity index (χ0n) is 15.6. The fraction of sp³-hybridized carbons (Fsp3) is 0.350. The summed E-state index contributed by atoms with van der Waals surface area (Å²) >= 11 is 2.87. The molecule has 0 fully saturated rings. The molecule has 0 bridgehead atoms. The molecule has 0 saturated heterocycles. The van der Waals surface area contributed by atoms with E-state index in [0.717, 1.165) is 25.6 Å². The van der Waals surface area contributed by atoms with Gasteiger partial charge in [-0.25, -0.2) is 0 Å². The van der Waals surface area contributed by atoms with E-state index in [9.17, 15) is 9.90 Å². The van der Waals surface area contributed by atoms with Crippen LogP contribution in [-0.2, 0) is 6.54 Å². The molecule has 7 heteroatoms. The first-order valence-corrected chi connectivity index (χ1v) is 10.5. The first kappa shape index (κ1) is 19.9. The number of aliphatic hydroxyl groups is 1. The van der Waals surface area contributed by atoms with E-state index in [2.05, 4.69) is 15.5 Å². The zero-order chi connectivity index (χ0) is 19.4. The average molecular weight is 402 g/mol. The number of fused-ring (bicyclic) bond motifs is 1. The molecule has 0 radical (unpaired) electrons. The van der Waals surface area contributed by atoms with Crippen LogP contribution in [0.5, 0.6) is 0 Å². The smallest absolute Gasteiger partial charge is 0.183 e. The van der Waals surface area contributed by atoms with E-state index in [1.807, 2.05) is 57.2 Å². The number of benzene rings is 1. The standard InChI is InChI=1S/C20H23N3O2S2/c1-20(2,3)19(25)21-11-14-8-9-17(27-14)16(24)12-26-18-15-7-5-4-6-13(15)10-22-23-18/h4-10,19,21,25H,11-12H2,1-3H3. The van der Waals surface area contributed by atoms with Crippen LogP contribution in [0.2, 0.25) is 0 Å². The van der Waals surface area contributed by atoms with E-state index in [4.69, 9.17) is 0 Å². The molecule has 0 aliphatic carbocycles. The third-order valence-corrected chi connectivity index (χ3v) is 6.21. The minimum absolute atomic E-state index is 0.0716. The number of thioether (sulfide) groups is 1. The highest BCUT2D eigenvalue weighted by atomic mass is 32.2. The van der Waals surface area contributed by atoms with Crippen LogP contribution in [0.3, 0.4) is 0 Å². The van der Waals surface area contributed by atoms with Crippen LogP contribution in [0, 0.1) is 5.41 Å². The predicted molar refractivity (Wildman–Crippen MR) is 111 cm³/mol. The minimum atomic E-state index is -0.598. The van der Waals surface area contributed by atoms with Crippen molar-refractivity contribution >= 4 is 39.7 Å². The molecule has 0 aliphatic rings. The summed E-state index contributed by atoms with van der Waals surface area (Å²) in [4.78, 5) is 14.3. The maximum absolute atomic E-state index is 12.5. The zero-order valence-corrected chi connectivity index (χ0v) is 17.2. The summed E-state index contributed by atoms with van der Waals surface area (Å²) in [7, 11) is 0. The van der Waals surface area contributed by atoms with Crippen molar-refractivity contribution in [1.29, 1.82) is 0 Å². The van der Waals surface area contributed by atoms with Gasteiger partial charge in [0.1, 0.15) is 11.3 Å². The number of aromatic nitrogens is 2. The number of nitrogens with one attached hydrogen (secondary N) is 1. The van der Waals surface area contributed by atoms with Crippen LogP contribution in [0.1, 0.15) is 35.3 Å². The van der Waals surface area contributed by atoms with Crippen molar-refractivity contribution < 1.29 is 9.90 Å². The largest absolute Gasteiger partial charge is 0.378 e. The Labute approximate surface area is 167 Å². The normalized spacial score (nSPS) is 13.0. The molecule has 3 aromatic rings. The van der Waals surface area contributed by atoms with Crippen molar-refractivity contribution in [1.82, 2.24) is 15.5 Å². The lowest BCUT2D eigenvalue weighted by Gasteiger charge is -2.26. The number of rotatable bonds is 7. The Hall–Kier alpha value is -1.80. The van der Waals surface area contributed by atoms with Gasteiger partial charge in [-0.1, -0.05) is 56.8 Å². The fourth-order valence-electron chi connectivity index (χ4n) is 2.44. The summed E-state index contributed by atoms with van der Waals surface area (Å²) in [5, 5.41) is 24.2. The van der Waals surface area contributed by atoms with Crippen molar-refractivity contribution in [3.63, 3.8) is 0 Å². The van der Waals surface area contributed by atoms with Gasteiger partial charge in [-0.15, -0.1) is 16.4 Å². The van der Waals surface area contributed by atoms with Gasteiger partial charge < -0.3 is 5.11 Å². The lowest BCUT2D eigenvalue weighted by Crippen LogP contribution is -2.39. The maximum Gasteiger partial charge on any atom is 0.183 e. The van der Waals surface area contributed by atoms with Gasteiger partial charge in [0.15, 0.2) is 5.78 Å². The van der Waals surface area contributed by atoms with Crippen LogP contribution >= 0.6 is 23.1 Å². The number of carbonyl (C=O) groups is 1. The van der Waals surface area contributed by atoms with Crippen molar-refractivity contribution in [2.45, 2.75) is 38.6 Å². The Morgan fingerprint density at radius 2 is 2.04 bits per heavy atom. The van der Waals surface area contributed by atoms with Crippen molar-refractivity contribution in [3.05, 3.63) is 52.3 Å². The molecular weight excluding hydrogens is 378 g/mol. The highest BCUT2D eigenvalue weighted by Gasteiger charge is 2.21.